The van der Waals surface area contributed by atoms with E-state index in [9.17, 15) is 0 Å². The van der Waals surface area contributed by atoms with Crippen molar-refractivity contribution >= 4 is 0 Å². The van der Waals surface area contributed by atoms with Crippen molar-refractivity contribution < 1.29 is 4.74 Å². The third-order valence-corrected chi connectivity index (χ3v) is 4.36. The highest BCUT2D eigenvalue weighted by Crippen LogP contribution is 2.32. The lowest BCUT2D eigenvalue weighted by molar-refractivity contribution is 0.0264. The highest BCUT2D eigenvalue weighted by molar-refractivity contribution is 4.93. The molecule has 1 rings (SSSR count). The zero-order valence-corrected chi connectivity index (χ0v) is 12.4. The van der Waals surface area contributed by atoms with E-state index in [-0.39, 0.29) is 5.54 Å². The number of rotatable bonds is 9. The van der Waals surface area contributed by atoms with Gasteiger partial charge in [-0.1, -0.05) is 39.5 Å². The minimum Gasteiger partial charge on any atom is -0.380 e. The van der Waals surface area contributed by atoms with Crippen molar-refractivity contribution in [1.29, 1.82) is 0 Å². The van der Waals surface area contributed by atoms with E-state index in [2.05, 4.69) is 18.7 Å². The Morgan fingerprint density at radius 2 is 1.83 bits per heavy atom. The first-order chi connectivity index (χ1) is 8.79. The van der Waals surface area contributed by atoms with Crippen molar-refractivity contribution in [2.75, 3.05) is 32.8 Å². The molecular formula is C15H32N2O. The number of hydrogen-bond donors (Lipinski definition) is 1. The molecule has 1 aliphatic carbocycles. The molecule has 3 heteroatoms. The van der Waals surface area contributed by atoms with Crippen LogP contribution in [0, 0.1) is 0 Å². The molecule has 18 heavy (non-hydrogen) atoms. The summed E-state index contributed by atoms with van der Waals surface area (Å²) in [6, 6.07) is 0. The van der Waals surface area contributed by atoms with Crippen molar-refractivity contribution in [1.82, 2.24) is 4.90 Å². The first kappa shape index (κ1) is 15.9. The Bertz CT molecular complexity index is 203. The maximum Gasteiger partial charge on any atom is 0.0593 e. The molecule has 0 atom stereocenters. The third-order valence-electron chi connectivity index (χ3n) is 4.36. The summed E-state index contributed by atoms with van der Waals surface area (Å²) in [6.07, 6.45) is 8.98. The molecule has 0 amide bonds. The van der Waals surface area contributed by atoms with Crippen molar-refractivity contribution in [3.63, 3.8) is 0 Å². The number of ether oxygens (including phenoxy) is 1. The van der Waals surface area contributed by atoms with Crippen LogP contribution in [-0.2, 0) is 4.74 Å². The number of hydrogen-bond acceptors (Lipinski definition) is 3. The Hall–Kier alpha value is -0.120. The highest BCUT2D eigenvalue weighted by Gasteiger charge is 2.35. The van der Waals surface area contributed by atoms with E-state index in [0.29, 0.717) is 0 Å². The van der Waals surface area contributed by atoms with Crippen molar-refractivity contribution in [2.24, 2.45) is 5.73 Å². The molecule has 0 heterocycles. The minimum absolute atomic E-state index is 0.265. The first-order valence-electron chi connectivity index (χ1n) is 7.82. The molecule has 0 aromatic rings. The Morgan fingerprint density at radius 3 is 2.39 bits per heavy atom. The summed E-state index contributed by atoms with van der Waals surface area (Å²) < 4.78 is 5.70. The molecule has 0 radical (unpaired) electrons. The molecule has 0 aromatic carbocycles. The second kappa shape index (κ2) is 8.89. The number of unbranched alkanes of at least 4 members (excludes halogenated alkanes) is 1. The fraction of sp³-hybridized carbons (Fsp3) is 1.00. The molecule has 0 aromatic heterocycles. The summed E-state index contributed by atoms with van der Waals surface area (Å²) in [5.74, 6) is 0. The molecular weight excluding hydrogens is 224 g/mol. The topological polar surface area (TPSA) is 38.5 Å². The maximum absolute atomic E-state index is 6.08. The molecule has 0 bridgehead atoms. The smallest absolute Gasteiger partial charge is 0.0593 e. The van der Waals surface area contributed by atoms with E-state index in [1.54, 1.807) is 0 Å². The number of nitrogens with two attached hydrogens (primary N) is 1. The van der Waals surface area contributed by atoms with Crippen molar-refractivity contribution in [2.45, 2.75) is 64.3 Å². The minimum atomic E-state index is 0.265. The van der Waals surface area contributed by atoms with E-state index in [0.717, 1.165) is 32.8 Å². The molecule has 1 aliphatic rings. The zero-order valence-electron chi connectivity index (χ0n) is 12.4. The second-order valence-electron chi connectivity index (χ2n) is 5.53. The largest absolute Gasteiger partial charge is 0.380 e. The van der Waals surface area contributed by atoms with Gasteiger partial charge in [-0.05, 0) is 25.8 Å². The quantitative estimate of drug-likeness (QED) is 0.645. The molecule has 1 saturated carbocycles. The zero-order chi connectivity index (χ0) is 13.3. The number of nitrogens with zero attached hydrogens (tertiary/aromatic N) is 1. The Kier molecular flexibility index (Phi) is 7.87. The Balaban J connectivity index is 2.37. The summed E-state index contributed by atoms with van der Waals surface area (Å²) in [6.45, 7) is 9.14. The third kappa shape index (κ3) is 4.52. The van der Waals surface area contributed by atoms with Crippen LogP contribution in [0.4, 0.5) is 0 Å². The predicted octanol–water partition coefficient (Wildman–Crippen LogP) is 2.79. The van der Waals surface area contributed by atoms with Gasteiger partial charge in [0.15, 0.2) is 0 Å². The van der Waals surface area contributed by atoms with Crippen molar-refractivity contribution in [3.05, 3.63) is 0 Å². The lowest BCUT2D eigenvalue weighted by Crippen LogP contribution is -2.55. The van der Waals surface area contributed by atoms with Crippen LogP contribution in [0.25, 0.3) is 0 Å². The monoisotopic (exact) mass is 256 g/mol. The molecule has 0 saturated heterocycles. The molecule has 3 nitrogen and oxygen atoms in total. The van der Waals surface area contributed by atoms with Crippen LogP contribution in [0.2, 0.25) is 0 Å². The van der Waals surface area contributed by atoms with E-state index >= 15 is 0 Å². The summed E-state index contributed by atoms with van der Waals surface area (Å²) in [4.78, 5) is 2.57. The average molecular weight is 256 g/mol. The average Bonchev–Trinajstić information content (AvgIpc) is 2.43. The van der Waals surface area contributed by atoms with Gasteiger partial charge in [-0.25, -0.2) is 0 Å². The van der Waals surface area contributed by atoms with Gasteiger partial charge in [-0.2, -0.15) is 0 Å². The van der Waals surface area contributed by atoms with Gasteiger partial charge in [-0.15, -0.1) is 0 Å². The molecule has 0 spiro atoms. The van der Waals surface area contributed by atoms with Gasteiger partial charge in [0.25, 0.3) is 0 Å². The van der Waals surface area contributed by atoms with Gasteiger partial charge < -0.3 is 10.5 Å². The predicted molar refractivity (Wildman–Crippen MR) is 77.8 cm³/mol. The van der Waals surface area contributed by atoms with Crippen molar-refractivity contribution in [3.8, 4) is 0 Å². The van der Waals surface area contributed by atoms with E-state index < -0.39 is 0 Å². The van der Waals surface area contributed by atoms with Gasteiger partial charge >= 0.3 is 0 Å². The maximum atomic E-state index is 6.08. The lowest BCUT2D eigenvalue weighted by Gasteiger charge is -2.45. The number of likely N-dealkylation sites (N-methyl/N-ethyl adjacent to an activating group) is 1. The van der Waals surface area contributed by atoms with Gasteiger partial charge in [0.2, 0.25) is 0 Å². The molecule has 2 N–H and O–H groups in total. The lowest BCUT2D eigenvalue weighted by atomic mass is 9.80. The first-order valence-corrected chi connectivity index (χ1v) is 7.82. The molecule has 108 valence electrons. The van der Waals surface area contributed by atoms with E-state index in [1.165, 1.54) is 44.9 Å². The van der Waals surface area contributed by atoms with E-state index in [1.807, 2.05) is 0 Å². The normalized spacial score (nSPS) is 19.3. The second-order valence-corrected chi connectivity index (χ2v) is 5.53. The fourth-order valence-electron chi connectivity index (χ4n) is 3.11. The fourth-order valence-corrected chi connectivity index (χ4v) is 3.11. The van der Waals surface area contributed by atoms with Gasteiger partial charge in [0, 0.05) is 25.2 Å². The van der Waals surface area contributed by atoms with E-state index in [4.69, 9.17) is 10.5 Å². The van der Waals surface area contributed by atoms with Crippen LogP contribution < -0.4 is 5.73 Å². The standard InChI is InChI=1S/C15H32N2O/c1-3-5-12-18-13-11-17(4-2)15(14-16)9-7-6-8-10-15/h3-14,16H2,1-2H3. The Morgan fingerprint density at radius 1 is 1.11 bits per heavy atom. The SMILES string of the molecule is CCCCOCCN(CC)C1(CN)CCCCC1. The molecule has 0 unspecified atom stereocenters. The van der Waals surface area contributed by atoms with Crippen LogP contribution in [0.15, 0.2) is 0 Å². The van der Waals surface area contributed by atoms with Crippen LogP contribution in [0.5, 0.6) is 0 Å². The van der Waals surface area contributed by atoms with Gasteiger partial charge in [0.05, 0.1) is 6.61 Å². The molecule has 0 aliphatic heterocycles. The summed E-state index contributed by atoms with van der Waals surface area (Å²) in [7, 11) is 0. The summed E-state index contributed by atoms with van der Waals surface area (Å²) >= 11 is 0. The van der Waals surface area contributed by atoms with Gasteiger partial charge in [0.1, 0.15) is 0 Å². The highest BCUT2D eigenvalue weighted by atomic mass is 16.5. The summed E-state index contributed by atoms with van der Waals surface area (Å²) in [5.41, 5.74) is 6.35. The van der Waals surface area contributed by atoms with Crippen LogP contribution >= 0.6 is 0 Å². The van der Waals surface area contributed by atoms with Crippen LogP contribution in [0.3, 0.4) is 0 Å². The van der Waals surface area contributed by atoms with Crippen LogP contribution in [0.1, 0.15) is 58.8 Å². The van der Waals surface area contributed by atoms with Crippen LogP contribution in [-0.4, -0.2) is 43.3 Å². The summed E-state index contributed by atoms with van der Waals surface area (Å²) in [5, 5.41) is 0. The van der Waals surface area contributed by atoms with Gasteiger partial charge in [-0.3, -0.25) is 4.90 Å². The molecule has 1 fully saturated rings. The Labute approximate surface area is 113 Å².